The van der Waals surface area contributed by atoms with Gasteiger partial charge in [0, 0.05) is 35.5 Å². The van der Waals surface area contributed by atoms with E-state index in [0.717, 1.165) is 17.7 Å². The fraction of sp³-hybridized carbons (Fsp3) is 0.412. The third-order valence-electron chi connectivity index (χ3n) is 8.94. The lowest BCUT2D eigenvalue weighted by Crippen LogP contribution is -2.53. The van der Waals surface area contributed by atoms with Crippen molar-refractivity contribution >= 4 is 28.9 Å². The van der Waals surface area contributed by atoms with Crippen LogP contribution in [0.15, 0.2) is 54.6 Å². The number of ether oxygens (including phenoxy) is 1. The number of carbonyl (C=O) groups excluding carboxylic acids is 2. The molecule has 252 valence electrons. The molecule has 5 rings (SSSR count). The average molecular weight is 658 g/mol. The Balaban J connectivity index is 1.40. The monoisotopic (exact) mass is 657 g/mol. The van der Waals surface area contributed by atoms with Crippen LogP contribution in [0.2, 0.25) is 0 Å². The lowest BCUT2D eigenvalue weighted by Gasteiger charge is -2.38. The van der Waals surface area contributed by atoms with Crippen molar-refractivity contribution in [3.05, 3.63) is 82.7 Å². The largest absolute Gasteiger partial charge is 0.496 e. The SMILES string of the molecule is COc1ccc(F)cc1C(C)(C)C[C@@](O)(CNc1cc(C)cc2c1CNN2c1cccc(C(=O)N2CCC[C@@H]2C(N)=O)c1)C(F)(F)F. The molecule has 13 heteroatoms. The Morgan fingerprint density at radius 3 is 2.55 bits per heavy atom. The summed E-state index contributed by atoms with van der Waals surface area (Å²) in [5.41, 5.74) is 7.86. The summed E-state index contributed by atoms with van der Waals surface area (Å²) in [6.45, 7) is 4.62. The number of hydrazine groups is 1. The highest BCUT2D eigenvalue weighted by atomic mass is 19.4. The maximum atomic E-state index is 14.6. The minimum atomic E-state index is -5.02. The molecule has 0 saturated carbocycles. The summed E-state index contributed by atoms with van der Waals surface area (Å²) < 4.78 is 63.1. The standard InChI is InChI=1S/C34H39F4N5O4/c1-20-13-26(40-19-33(46,34(36,37)38)18-32(2,3)25-16-22(35)10-11-29(25)47-4)24-17-41-43(28(24)14-20)23-8-5-7-21(15-23)31(45)42-12-6-9-27(42)30(39)44/h5,7-8,10-11,13-16,27,40-41,46H,6,9,12,17-19H2,1-4H3,(H2,39,44)/t27-,33-/m1/s1. The Bertz CT molecular complexity index is 1680. The van der Waals surface area contributed by atoms with Gasteiger partial charge in [-0.15, -0.1) is 0 Å². The zero-order chi connectivity index (χ0) is 34.3. The van der Waals surface area contributed by atoms with E-state index in [2.05, 4.69) is 10.7 Å². The summed E-state index contributed by atoms with van der Waals surface area (Å²) >= 11 is 0. The molecular weight excluding hydrogens is 618 g/mol. The van der Waals surface area contributed by atoms with Gasteiger partial charge in [0.25, 0.3) is 5.91 Å². The van der Waals surface area contributed by atoms with E-state index in [1.54, 1.807) is 42.3 Å². The van der Waals surface area contributed by atoms with Crippen LogP contribution in [0, 0.1) is 12.7 Å². The van der Waals surface area contributed by atoms with Crippen molar-refractivity contribution in [2.45, 2.75) is 69.8 Å². The first-order chi connectivity index (χ1) is 22.0. The first-order valence-corrected chi connectivity index (χ1v) is 15.3. The summed E-state index contributed by atoms with van der Waals surface area (Å²) in [4.78, 5) is 26.7. The van der Waals surface area contributed by atoms with Crippen LogP contribution in [0.25, 0.3) is 0 Å². The first-order valence-electron chi connectivity index (χ1n) is 15.3. The van der Waals surface area contributed by atoms with Gasteiger partial charge in [-0.2, -0.15) is 13.2 Å². The van der Waals surface area contributed by atoms with E-state index >= 15 is 0 Å². The predicted octanol–water partition coefficient (Wildman–Crippen LogP) is 5.46. The molecule has 5 N–H and O–H groups in total. The molecule has 3 aromatic rings. The van der Waals surface area contributed by atoms with Gasteiger partial charge in [0.1, 0.15) is 17.6 Å². The van der Waals surface area contributed by atoms with Crippen LogP contribution in [-0.2, 0) is 16.8 Å². The Hall–Kier alpha value is -4.36. The smallest absolute Gasteiger partial charge is 0.418 e. The molecular formula is C34H39F4N5O4. The van der Waals surface area contributed by atoms with Crippen molar-refractivity contribution in [2.24, 2.45) is 5.73 Å². The number of aryl methyl sites for hydroxylation is 1. The Kier molecular flexibility index (Phi) is 9.17. The molecule has 2 amide bonds. The number of fused-ring (bicyclic) bond motifs is 1. The highest BCUT2D eigenvalue weighted by Crippen LogP contribution is 2.45. The van der Waals surface area contributed by atoms with Crippen LogP contribution in [0.1, 0.15) is 60.2 Å². The minimum Gasteiger partial charge on any atom is -0.496 e. The maximum absolute atomic E-state index is 14.6. The molecule has 0 aliphatic carbocycles. The minimum absolute atomic E-state index is 0.203. The molecule has 0 bridgehead atoms. The number of nitrogens with zero attached hydrogens (tertiary/aromatic N) is 2. The molecule has 2 heterocycles. The molecule has 0 spiro atoms. The number of benzene rings is 3. The predicted molar refractivity (Wildman–Crippen MR) is 170 cm³/mol. The molecule has 47 heavy (non-hydrogen) atoms. The van der Waals surface area contributed by atoms with Crippen LogP contribution < -0.4 is 26.2 Å². The van der Waals surface area contributed by atoms with E-state index in [-0.39, 0.29) is 23.8 Å². The van der Waals surface area contributed by atoms with Crippen LogP contribution in [0.5, 0.6) is 5.75 Å². The van der Waals surface area contributed by atoms with Gasteiger partial charge in [-0.1, -0.05) is 19.9 Å². The maximum Gasteiger partial charge on any atom is 0.418 e. The lowest BCUT2D eigenvalue weighted by atomic mass is 9.74. The molecule has 1 saturated heterocycles. The van der Waals surface area contributed by atoms with Crippen molar-refractivity contribution in [1.29, 1.82) is 0 Å². The number of rotatable bonds is 10. The normalized spacial score (nSPS) is 17.8. The van der Waals surface area contributed by atoms with Crippen LogP contribution in [0.4, 0.5) is 34.6 Å². The molecule has 9 nitrogen and oxygen atoms in total. The zero-order valence-corrected chi connectivity index (χ0v) is 26.7. The lowest BCUT2D eigenvalue weighted by molar-refractivity contribution is -0.260. The number of likely N-dealkylation sites (tertiary alicyclic amines) is 1. The first kappa shape index (κ1) is 34.0. The molecule has 2 atom stereocenters. The van der Waals surface area contributed by atoms with Gasteiger partial charge in [-0.05, 0) is 85.7 Å². The molecule has 2 aliphatic rings. The number of aliphatic hydroxyl groups is 1. The van der Waals surface area contributed by atoms with Gasteiger partial charge in [0.05, 0.1) is 25.0 Å². The Morgan fingerprint density at radius 1 is 1.13 bits per heavy atom. The quantitative estimate of drug-likeness (QED) is 0.214. The molecule has 0 aromatic heterocycles. The van der Waals surface area contributed by atoms with Gasteiger partial charge in [-0.3, -0.25) is 14.6 Å². The van der Waals surface area contributed by atoms with Crippen LogP contribution >= 0.6 is 0 Å². The second kappa shape index (κ2) is 12.7. The fourth-order valence-electron chi connectivity index (χ4n) is 6.60. The van der Waals surface area contributed by atoms with Gasteiger partial charge >= 0.3 is 6.18 Å². The van der Waals surface area contributed by atoms with E-state index in [1.165, 1.54) is 31.9 Å². The van der Waals surface area contributed by atoms with E-state index in [4.69, 9.17) is 10.5 Å². The van der Waals surface area contributed by atoms with Crippen molar-refractivity contribution in [3.63, 3.8) is 0 Å². The third-order valence-corrected chi connectivity index (χ3v) is 8.94. The highest BCUT2D eigenvalue weighted by molar-refractivity contribution is 5.98. The number of hydrogen-bond acceptors (Lipinski definition) is 7. The number of nitrogens with two attached hydrogens (primary N) is 1. The van der Waals surface area contributed by atoms with Crippen LogP contribution in [-0.4, -0.2) is 59.8 Å². The number of halogens is 4. The number of primary amides is 1. The average Bonchev–Trinajstić information content (AvgIpc) is 3.67. The van der Waals surface area contributed by atoms with Crippen molar-refractivity contribution in [3.8, 4) is 5.75 Å². The number of alkyl halides is 3. The van der Waals surface area contributed by atoms with Crippen molar-refractivity contribution < 1.29 is 37.0 Å². The number of hydrogen-bond donors (Lipinski definition) is 4. The summed E-state index contributed by atoms with van der Waals surface area (Å²) in [5, 5.41) is 15.8. The molecule has 2 aliphatic heterocycles. The number of nitrogens with one attached hydrogen (secondary N) is 2. The van der Waals surface area contributed by atoms with Gasteiger partial charge < -0.3 is 25.8 Å². The third kappa shape index (κ3) is 6.72. The second-order valence-electron chi connectivity index (χ2n) is 12.9. The zero-order valence-electron chi connectivity index (χ0n) is 26.7. The summed E-state index contributed by atoms with van der Waals surface area (Å²) in [6.07, 6.45) is -4.61. The van der Waals surface area contributed by atoms with E-state index in [1.807, 2.05) is 6.07 Å². The number of carbonyl (C=O) groups is 2. The molecule has 0 radical (unpaired) electrons. The topological polar surface area (TPSA) is 120 Å². The second-order valence-corrected chi connectivity index (χ2v) is 12.9. The molecule has 0 unspecified atom stereocenters. The fourth-order valence-corrected chi connectivity index (χ4v) is 6.60. The summed E-state index contributed by atoms with van der Waals surface area (Å²) in [7, 11) is 1.35. The van der Waals surface area contributed by atoms with Crippen LogP contribution in [0.3, 0.4) is 0 Å². The van der Waals surface area contributed by atoms with E-state index in [9.17, 15) is 32.3 Å². The summed E-state index contributed by atoms with van der Waals surface area (Å²) in [6, 6.07) is 13.4. The van der Waals surface area contributed by atoms with Crippen molar-refractivity contribution in [2.75, 3.05) is 30.5 Å². The van der Waals surface area contributed by atoms with E-state index < -0.39 is 47.9 Å². The van der Waals surface area contributed by atoms with E-state index in [0.29, 0.717) is 47.6 Å². The van der Waals surface area contributed by atoms with Crippen molar-refractivity contribution in [1.82, 2.24) is 10.3 Å². The summed E-state index contributed by atoms with van der Waals surface area (Å²) in [5.74, 6) is -1.28. The number of amides is 2. The Morgan fingerprint density at radius 2 is 1.87 bits per heavy atom. The molecule has 1 fully saturated rings. The number of methoxy groups -OCH3 is 1. The van der Waals surface area contributed by atoms with Gasteiger partial charge in [-0.25, -0.2) is 9.82 Å². The molecule has 3 aromatic carbocycles. The highest BCUT2D eigenvalue weighted by Gasteiger charge is 2.56. The van der Waals surface area contributed by atoms with Gasteiger partial charge in [0.15, 0.2) is 5.60 Å². The Labute approximate surface area is 270 Å². The number of anilines is 3. The van der Waals surface area contributed by atoms with Gasteiger partial charge in [0.2, 0.25) is 5.91 Å².